The Morgan fingerprint density at radius 1 is 1.04 bits per heavy atom. The van der Waals surface area contributed by atoms with Crippen molar-refractivity contribution < 1.29 is 14.3 Å². The largest absolute Gasteiger partial charge is 0.508 e. The van der Waals surface area contributed by atoms with Gasteiger partial charge in [0.25, 0.3) is 0 Å². The Bertz CT molecular complexity index is 769. The maximum Gasteiger partial charge on any atom is 0.234 e. The van der Waals surface area contributed by atoms with Crippen molar-refractivity contribution in [1.29, 1.82) is 0 Å². The number of hydrogen-bond acceptors (Lipinski definition) is 4. The van der Waals surface area contributed by atoms with Gasteiger partial charge in [-0.3, -0.25) is 9.69 Å². The van der Waals surface area contributed by atoms with Crippen molar-refractivity contribution in [2.75, 3.05) is 37.6 Å². The number of piperazine rings is 1. The number of halogens is 1. The van der Waals surface area contributed by atoms with Crippen LogP contribution >= 0.6 is 0 Å². The fourth-order valence-electron chi connectivity index (χ4n) is 3.55. The van der Waals surface area contributed by atoms with E-state index in [0.717, 1.165) is 37.4 Å². The highest BCUT2D eigenvalue weighted by Gasteiger charge is 2.22. The highest BCUT2D eigenvalue weighted by atomic mass is 19.1. The average molecular weight is 385 g/mol. The molecule has 0 saturated carbocycles. The quantitative estimate of drug-likeness (QED) is 0.802. The van der Waals surface area contributed by atoms with Gasteiger partial charge in [-0.25, -0.2) is 4.39 Å². The molecular formula is C22H28FN3O2. The van der Waals surface area contributed by atoms with E-state index in [4.69, 9.17) is 0 Å². The molecule has 0 aliphatic carbocycles. The minimum atomic E-state index is -0.274. The zero-order chi connectivity index (χ0) is 20.1. The number of phenolic OH excluding ortho intramolecular Hbond substituents is 1. The summed E-state index contributed by atoms with van der Waals surface area (Å²) in [5.41, 5.74) is 2.00. The van der Waals surface area contributed by atoms with Gasteiger partial charge in [-0.15, -0.1) is 0 Å². The maximum atomic E-state index is 13.2. The molecule has 1 unspecified atom stereocenters. The molecule has 6 heteroatoms. The summed E-state index contributed by atoms with van der Waals surface area (Å²) in [5.74, 6) is 0.186. The van der Waals surface area contributed by atoms with Crippen LogP contribution in [0.4, 0.5) is 10.1 Å². The Hall–Kier alpha value is -2.60. The van der Waals surface area contributed by atoms with E-state index in [0.29, 0.717) is 6.54 Å². The van der Waals surface area contributed by atoms with Gasteiger partial charge in [0.15, 0.2) is 0 Å². The molecule has 28 heavy (non-hydrogen) atoms. The molecule has 0 spiro atoms. The smallest absolute Gasteiger partial charge is 0.234 e. The third kappa shape index (κ3) is 5.23. The van der Waals surface area contributed by atoms with Crippen LogP contribution in [0.2, 0.25) is 0 Å². The Balaban J connectivity index is 1.52. The maximum absolute atomic E-state index is 13.2. The van der Waals surface area contributed by atoms with E-state index in [1.54, 1.807) is 24.3 Å². The van der Waals surface area contributed by atoms with E-state index in [1.807, 2.05) is 26.0 Å². The van der Waals surface area contributed by atoms with Gasteiger partial charge in [-0.05, 0) is 47.9 Å². The molecule has 5 nitrogen and oxygen atoms in total. The predicted molar refractivity (Wildman–Crippen MR) is 109 cm³/mol. The Morgan fingerprint density at radius 2 is 1.64 bits per heavy atom. The minimum absolute atomic E-state index is 0.0129. The summed E-state index contributed by atoms with van der Waals surface area (Å²) in [7, 11) is 0. The number of phenols is 1. The first-order valence-corrected chi connectivity index (χ1v) is 9.73. The van der Waals surface area contributed by atoms with Gasteiger partial charge >= 0.3 is 0 Å². The number of amides is 1. The fraction of sp³-hybridized carbons (Fsp3) is 0.409. The third-order valence-electron chi connectivity index (χ3n) is 5.17. The highest BCUT2D eigenvalue weighted by Crippen LogP contribution is 2.22. The van der Waals surface area contributed by atoms with Crippen LogP contribution in [0, 0.1) is 11.7 Å². The lowest BCUT2D eigenvalue weighted by molar-refractivity contribution is -0.123. The predicted octanol–water partition coefficient (Wildman–Crippen LogP) is 3.17. The normalized spacial score (nSPS) is 16.2. The van der Waals surface area contributed by atoms with Crippen molar-refractivity contribution in [3.05, 3.63) is 59.9 Å². The van der Waals surface area contributed by atoms with E-state index < -0.39 is 0 Å². The minimum Gasteiger partial charge on any atom is -0.508 e. The molecule has 1 fully saturated rings. The molecule has 2 N–H and O–H groups in total. The first-order valence-electron chi connectivity index (χ1n) is 9.73. The van der Waals surface area contributed by atoms with Crippen LogP contribution in [0.15, 0.2) is 48.5 Å². The highest BCUT2D eigenvalue weighted by molar-refractivity contribution is 5.78. The second kappa shape index (κ2) is 9.06. The summed E-state index contributed by atoms with van der Waals surface area (Å²) in [6.07, 6.45) is 0. The van der Waals surface area contributed by atoms with Crippen LogP contribution in [0.1, 0.15) is 25.5 Å². The Morgan fingerprint density at radius 3 is 2.21 bits per heavy atom. The molecule has 1 saturated heterocycles. The van der Waals surface area contributed by atoms with E-state index in [1.165, 1.54) is 12.1 Å². The van der Waals surface area contributed by atoms with Crippen LogP contribution < -0.4 is 10.2 Å². The summed E-state index contributed by atoms with van der Waals surface area (Å²) in [5, 5.41) is 12.5. The van der Waals surface area contributed by atoms with Crippen LogP contribution in [0.3, 0.4) is 0 Å². The topological polar surface area (TPSA) is 55.8 Å². The van der Waals surface area contributed by atoms with Crippen molar-refractivity contribution in [3.63, 3.8) is 0 Å². The van der Waals surface area contributed by atoms with Gasteiger partial charge in [0.05, 0.1) is 12.6 Å². The number of nitrogens with one attached hydrogen (secondary N) is 1. The monoisotopic (exact) mass is 385 g/mol. The first kappa shape index (κ1) is 20.1. The van der Waals surface area contributed by atoms with Crippen molar-refractivity contribution in [2.24, 2.45) is 5.92 Å². The second-order valence-corrected chi connectivity index (χ2v) is 7.62. The van der Waals surface area contributed by atoms with E-state index in [2.05, 4.69) is 15.1 Å². The van der Waals surface area contributed by atoms with Gasteiger partial charge in [0.2, 0.25) is 5.91 Å². The van der Waals surface area contributed by atoms with E-state index in [-0.39, 0.29) is 29.4 Å². The number of nitrogens with zero attached hydrogens (tertiary/aromatic N) is 2. The Labute approximate surface area is 165 Å². The number of carbonyl (C=O) groups is 1. The van der Waals surface area contributed by atoms with Gasteiger partial charge in [-0.2, -0.15) is 0 Å². The lowest BCUT2D eigenvalue weighted by atomic mass is 9.96. The van der Waals surface area contributed by atoms with Crippen molar-refractivity contribution in [2.45, 2.75) is 19.9 Å². The SMILES string of the molecule is CC(C)C(NC(=O)CN1CCN(c2ccc(O)cc2)CC1)c1ccc(F)cc1. The number of rotatable bonds is 6. The molecule has 0 aromatic heterocycles. The molecule has 2 aromatic carbocycles. The number of anilines is 1. The number of benzene rings is 2. The first-order chi connectivity index (χ1) is 13.4. The second-order valence-electron chi connectivity index (χ2n) is 7.62. The lowest BCUT2D eigenvalue weighted by Gasteiger charge is -2.36. The van der Waals surface area contributed by atoms with Gasteiger partial charge in [0.1, 0.15) is 11.6 Å². The molecule has 1 aliphatic heterocycles. The summed E-state index contributed by atoms with van der Waals surface area (Å²) in [4.78, 5) is 17.0. The standard InChI is InChI=1S/C22H28FN3O2/c1-16(2)22(17-3-5-18(23)6-4-17)24-21(28)15-25-11-13-26(14-12-25)19-7-9-20(27)10-8-19/h3-10,16,22,27H,11-15H2,1-2H3,(H,24,28). The van der Waals surface area contributed by atoms with Crippen molar-refractivity contribution in [3.8, 4) is 5.75 Å². The number of aromatic hydroxyl groups is 1. The number of hydrogen-bond donors (Lipinski definition) is 2. The van der Waals surface area contributed by atoms with E-state index in [9.17, 15) is 14.3 Å². The molecule has 0 radical (unpaired) electrons. The molecular weight excluding hydrogens is 357 g/mol. The van der Waals surface area contributed by atoms with Crippen molar-refractivity contribution in [1.82, 2.24) is 10.2 Å². The summed E-state index contributed by atoms with van der Waals surface area (Å²) < 4.78 is 13.2. The molecule has 1 heterocycles. The molecule has 3 rings (SSSR count). The lowest BCUT2D eigenvalue weighted by Crippen LogP contribution is -2.50. The molecule has 1 aliphatic rings. The van der Waals surface area contributed by atoms with Crippen molar-refractivity contribution >= 4 is 11.6 Å². The third-order valence-corrected chi connectivity index (χ3v) is 5.17. The molecule has 0 bridgehead atoms. The molecule has 2 aromatic rings. The molecule has 1 amide bonds. The van der Waals surface area contributed by atoms with Crippen LogP contribution in [-0.4, -0.2) is 48.6 Å². The summed E-state index contributed by atoms with van der Waals surface area (Å²) in [6, 6.07) is 13.4. The van der Waals surface area contributed by atoms with Crippen LogP contribution in [0.5, 0.6) is 5.75 Å². The van der Waals surface area contributed by atoms with E-state index >= 15 is 0 Å². The average Bonchev–Trinajstić information content (AvgIpc) is 2.68. The van der Waals surface area contributed by atoms with Crippen LogP contribution in [-0.2, 0) is 4.79 Å². The summed E-state index contributed by atoms with van der Waals surface area (Å²) >= 11 is 0. The van der Waals surface area contributed by atoms with Gasteiger partial charge < -0.3 is 15.3 Å². The number of carbonyl (C=O) groups excluding carboxylic acids is 1. The molecule has 150 valence electrons. The zero-order valence-corrected chi connectivity index (χ0v) is 16.4. The summed E-state index contributed by atoms with van der Waals surface area (Å²) in [6.45, 7) is 7.73. The van der Waals surface area contributed by atoms with Crippen LogP contribution in [0.25, 0.3) is 0 Å². The van der Waals surface area contributed by atoms with Gasteiger partial charge in [0, 0.05) is 31.9 Å². The fourth-order valence-corrected chi connectivity index (χ4v) is 3.55. The zero-order valence-electron chi connectivity index (χ0n) is 16.4. The Kier molecular flexibility index (Phi) is 6.52. The van der Waals surface area contributed by atoms with Gasteiger partial charge in [-0.1, -0.05) is 26.0 Å². The molecule has 1 atom stereocenters.